The third-order valence-electron chi connectivity index (χ3n) is 1.59. The molecule has 0 radical (unpaired) electrons. The predicted octanol–water partition coefficient (Wildman–Crippen LogP) is 2.67. The van der Waals surface area contributed by atoms with Crippen LogP contribution in [0, 0.1) is 0 Å². The second kappa shape index (κ2) is 13.1. The summed E-state index contributed by atoms with van der Waals surface area (Å²) in [5.74, 6) is 0. The van der Waals surface area contributed by atoms with Crippen molar-refractivity contribution in [1.29, 1.82) is 0 Å². The summed E-state index contributed by atoms with van der Waals surface area (Å²) in [6, 6.07) is 5.63. The van der Waals surface area contributed by atoms with Crippen LogP contribution in [0.3, 0.4) is 0 Å². The summed E-state index contributed by atoms with van der Waals surface area (Å²) in [4.78, 5) is 4.08. The predicted molar refractivity (Wildman–Crippen MR) is 77.6 cm³/mol. The van der Waals surface area contributed by atoms with Crippen molar-refractivity contribution in [3.05, 3.63) is 30.1 Å². The molecule has 0 aliphatic heterocycles. The molecule has 1 aromatic rings. The summed E-state index contributed by atoms with van der Waals surface area (Å²) in [5.41, 5.74) is 3.51. The molecule has 8 heteroatoms. The van der Waals surface area contributed by atoms with E-state index < -0.39 is 0 Å². The second-order valence-corrected chi connectivity index (χ2v) is 4.89. The quantitative estimate of drug-likeness (QED) is 0.377. The van der Waals surface area contributed by atoms with Crippen LogP contribution in [0.15, 0.2) is 29.5 Å². The minimum absolute atomic E-state index is 0.532. The molecule has 105 valence electrons. The Bertz CT molecular complexity index is 351. The fourth-order valence-electron chi connectivity index (χ4n) is 0.887. The number of rotatable bonds is 4. The van der Waals surface area contributed by atoms with Gasteiger partial charge in [-0.25, -0.2) is 0 Å². The summed E-state index contributed by atoms with van der Waals surface area (Å²) in [5, 5.41) is 7.49. The van der Waals surface area contributed by atoms with E-state index in [-0.39, 0.29) is 0 Å². The van der Waals surface area contributed by atoms with Crippen LogP contribution in [-0.2, 0) is 13.1 Å². The monoisotopic (exact) mass is 355 g/mol. The van der Waals surface area contributed by atoms with E-state index in [9.17, 15) is 0 Å². The molecule has 4 nitrogen and oxygen atoms in total. The summed E-state index contributed by atoms with van der Waals surface area (Å²) in [6.07, 6.45) is 4.38. The van der Waals surface area contributed by atoms with Gasteiger partial charge in [0.05, 0.1) is 11.9 Å². The van der Waals surface area contributed by atoms with E-state index in [1.165, 1.54) is 0 Å². The molecule has 0 unspecified atom stereocenters. The van der Waals surface area contributed by atoms with Crippen molar-refractivity contribution in [1.82, 2.24) is 15.7 Å². The second-order valence-electron chi connectivity index (χ2n) is 2.92. The zero-order chi connectivity index (χ0) is 13.6. The number of hydrogen-bond acceptors (Lipinski definition) is 3. The Balaban J connectivity index is 0.000000873. The van der Waals surface area contributed by atoms with Crippen molar-refractivity contribution in [2.24, 2.45) is 5.10 Å². The molecule has 0 amide bonds. The average molecular weight is 357 g/mol. The number of aromatic nitrogens is 1. The molecule has 0 saturated heterocycles. The van der Waals surface area contributed by atoms with Crippen LogP contribution in [0.2, 0.25) is 0 Å². The zero-order valence-electron chi connectivity index (χ0n) is 9.66. The van der Waals surface area contributed by atoms with Gasteiger partial charge < -0.3 is 5.32 Å². The first-order chi connectivity index (χ1) is 8.74. The van der Waals surface area contributed by atoms with Gasteiger partial charge in [-0.05, 0) is 30.8 Å². The van der Waals surface area contributed by atoms with Crippen molar-refractivity contribution in [2.75, 3.05) is 6.54 Å². The van der Waals surface area contributed by atoms with Gasteiger partial charge in [0.2, 0.25) is 0 Å². The minimum atomic E-state index is 0.532. The molecule has 0 bridgehead atoms. The van der Waals surface area contributed by atoms with Crippen molar-refractivity contribution >= 4 is 43.7 Å². The number of pyridine rings is 1. The fourth-order valence-corrected chi connectivity index (χ4v) is 1.04. The molecule has 0 aliphatic rings. The van der Waals surface area contributed by atoms with Crippen LogP contribution in [0.5, 0.6) is 0 Å². The fraction of sp³-hybridized carbons (Fsp3) is 0.300. The molecule has 0 atom stereocenters. The molecule has 1 rings (SSSR count). The topological polar surface area (TPSA) is 49.3 Å². The number of thiocarbonyl (C=S) groups is 1. The van der Waals surface area contributed by atoms with Gasteiger partial charge in [0.25, 0.3) is 0 Å². The number of nitrogens with zero attached hydrogens (tertiary/aromatic N) is 2. The van der Waals surface area contributed by atoms with Crippen LogP contribution in [-0.4, -0.2) is 22.9 Å². The van der Waals surface area contributed by atoms with Gasteiger partial charge in [-0.1, -0.05) is 13.0 Å². The van der Waals surface area contributed by atoms with E-state index >= 15 is 0 Å². The van der Waals surface area contributed by atoms with Gasteiger partial charge in [0.1, 0.15) is 0 Å². The van der Waals surface area contributed by atoms with Crippen LogP contribution in [0.4, 0.5) is 0 Å². The third-order valence-corrected chi connectivity index (χ3v) is 1.82. The summed E-state index contributed by atoms with van der Waals surface area (Å²) < 4.78 is 0. The number of halogens is 2. The molecule has 18 heavy (non-hydrogen) atoms. The van der Waals surface area contributed by atoms with Crippen LogP contribution < -0.4 is 10.7 Å². The molecule has 0 spiro atoms. The Morgan fingerprint density at radius 1 is 1.56 bits per heavy atom. The van der Waals surface area contributed by atoms with Crippen molar-refractivity contribution < 1.29 is 13.1 Å². The first-order valence-electron chi connectivity index (χ1n) is 5.03. The average Bonchev–Trinajstić information content (AvgIpc) is 2.38. The van der Waals surface area contributed by atoms with E-state index in [1.807, 2.05) is 18.2 Å². The molecule has 2 N–H and O–H groups in total. The van der Waals surface area contributed by atoms with Gasteiger partial charge in [-0.2, -0.15) is 5.10 Å². The Labute approximate surface area is 127 Å². The SMILES string of the molecule is CCCNC(=S)N/N=C/c1ccccn1.[Cl][Cu][Cl]. The molecule has 0 saturated carbocycles. The van der Waals surface area contributed by atoms with Crippen LogP contribution in [0.1, 0.15) is 19.0 Å². The van der Waals surface area contributed by atoms with E-state index in [4.69, 9.17) is 12.2 Å². The Hall–Kier alpha value is -0.391. The number of hydrogen-bond donors (Lipinski definition) is 2. The van der Waals surface area contributed by atoms with E-state index in [0.29, 0.717) is 5.11 Å². The summed E-state index contributed by atoms with van der Waals surface area (Å²) >= 11 is 5.74. The van der Waals surface area contributed by atoms with Crippen molar-refractivity contribution in [2.45, 2.75) is 13.3 Å². The van der Waals surface area contributed by atoms with E-state index in [0.717, 1.165) is 31.8 Å². The van der Waals surface area contributed by atoms with Gasteiger partial charge in [0.15, 0.2) is 5.11 Å². The van der Waals surface area contributed by atoms with E-state index in [2.05, 4.69) is 47.9 Å². The van der Waals surface area contributed by atoms with E-state index in [1.54, 1.807) is 12.4 Å². The molecule has 0 aliphatic carbocycles. The van der Waals surface area contributed by atoms with Crippen LogP contribution in [0.25, 0.3) is 0 Å². The zero-order valence-corrected chi connectivity index (χ0v) is 12.9. The number of nitrogens with one attached hydrogen (secondary N) is 2. The first kappa shape index (κ1) is 17.6. The molecule has 0 aromatic carbocycles. The van der Waals surface area contributed by atoms with Gasteiger partial charge in [-0.3, -0.25) is 10.4 Å². The normalized spacial score (nSPS) is 9.72. The first-order valence-corrected chi connectivity index (χ1v) is 8.03. The van der Waals surface area contributed by atoms with Crippen LogP contribution >= 0.6 is 32.4 Å². The van der Waals surface area contributed by atoms with Crippen molar-refractivity contribution in [3.63, 3.8) is 0 Å². The molecule has 0 fully saturated rings. The number of hydrazone groups is 1. The van der Waals surface area contributed by atoms with Gasteiger partial charge in [0, 0.05) is 12.7 Å². The standard InChI is InChI=1S/C10H14N4S.2ClH.Cu/c1-2-6-12-10(15)14-13-8-9-5-3-4-7-11-9;;;/h3-5,7-8H,2,6H2,1H3,(H2,12,14,15);2*1H;/q;;;+2/p-2/b13-8+;;;. The Morgan fingerprint density at radius 2 is 2.28 bits per heavy atom. The molecule has 1 aromatic heterocycles. The van der Waals surface area contributed by atoms with Gasteiger partial charge >= 0.3 is 33.3 Å². The maximum absolute atomic E-state index is 4.98. The maximum atomic E-state index is 4.98. The van der Waals surface area contributed by atoms with Gasteiger partial charge in [-0.15, -0.1) is 0 Å². The third kappa shape index (κ3) is 10.7. The summed E-state index contributed by atoms with van der Waals surface area (Å²) in [7, 11) is 9.34. The Morgan fingerprint density at radius 3 is 2.83 bits per heavy atom. The molecule has 1 heterocycles. The van der Waals surface area contributed by atoms with Crippen molar-refractivity contribution in [3.8, 4) is 0 Å². The Kier molecular flexibility index (Phi) is 12.8. The molecular weight excluding hydrogens is 343 g/mol. The molecular formula is C10H14Cl2CuN4S. The summed E-state index contributed by atoms with van der Waals surface area (Å²) in [6.45, 7) is 2.93.